The third kappa shape index (κ3) is 1.99. The SMILES string of the molecule is Cn1cc(Nc2ncc(F)c(N3CC4CC4C3)n2)cn1. The van der Waals surface area contributed by atoms with Gasteiger partial charge < -0.3 is 10.2 Å². The number of piperidine rings is 1. The van der Waals surface area contributed by atoms with E-state index in [0.717, 1.165) is 30.6 Å². The molecule has 2 aromatic rings. The Labute approximate surface area is 115 Å². The maximum atomic E-state index is 13.9. The van der Waals surface area contributed by atoms with Crippen LogP contribution in [0.4, 0.5) is 21.8 Å². The number of nitrogens with zero attached hydrogens (tertiary/aromatic N) is 5. The third-order valence-corrected chi connectivity index (χ3v) is 3.96. The van der Waals surface area contributed by atoms with Gasteiger partial charge in [-0.1, -0.05) is 0 Å². The summed E-state index contributed by atoms with van der Waals surface area (Å²) in [6.07, 6.45) is 6.00. The van der Waals surface area contributed by atoms with Crippen LogP contribution in [0.5, 0.6) is 0 Å². The summed E-state index contributed by atoms with van der Waals surface area (Å²) in [7, 11) is 1.83. The van der Waals surface area contributed by atoms with E-state index >= 15 is 0 Å². The third-order valence-electron chi connectivity index (χ3n) is 3.96. The van der Waals surface area contributed by atoms with Gasteiger partial charge in [0.1, 0.15) is 0 Å². The van der Waals surface area contributed by atoms with Crippen molar-refractivity contribution < 1.29 is 4.39 Å². The van der Waals surface area contributed by atoms with Crippen LogP contribution < -0.4 is 10.2 Å². The van der Waals surface area contributed by atoms with E-state index in [1.54, 1.807) is 10.9 Å². The molecule has 2 fully saturated rings. The fraction of sp³-hybridized carbons (Fsp3) is 0.462. The molecule has 2 aliphatic rings. The predicted molar refractivity (Wildman–Crippen MR) is 72.3 cm³/mol. The van der Waals surface area contributed by atoms with Gasteiger partial charge in [-0.25, -0.2) is 9.37 Å². The van der Waals surface area contributed by atoms with E-state index in [9.17, 15) is 4.39 Å². The first-order chi connectivity index (χ1) is 9.69. The van der Waals surface area contributed by atoms with Gasteiger partial charge >= 0.3 is 0 Å². The van der Waals surface area contributed by atoms with Crippen molar-refractivity contribution in [2.75, 3.05) is 23.3 Å². The van der Waals surface area contributed by atoms with Crippen molar-refractivity contribution in [3.63, 3.8) is 0 Å². The van der Waals surface area contributed by atoms with Crippen LogP contribution in [0.25, 0.3) is 0 Å². The van der Waals surface area contributed by atoms with Crippen molar-refractivity contribution in [3.8, 4) is 0 Å². The van der Waals surface area contributed by atoms with Crippen LogP contribution in [0.1, 0.15) is 6.42 Å². The lowest BCUT2D eigenvalue weighted by atomic mass is 10.4. The van der Waals surface area contributed by atoms with E-state index in [1.807, 2.05) is 18.1 Å². The molecule has 20 heavy (non-hydrogen) atoms. The molecular weight excluding hydrogens is 259 g/mol. The molecule has 1 aliphatic carbocycles. The molecule has 4 rings (SSSR count). The van der Waals surface area contributed by atoms with Gasteiger partial charge in [-0.15, -0.1) is 0 Å². The number of aryl methyl sites for hydroxylation is 1. The second-order valence-corrected chi connectivity index (χ2v) is 5.55. The molecular formula is C13H15FN6. The molecule has 3 heterocycles. The maximum Gasteiger partial charge on any atom is 0.229 e. The second-order valence-electron chi connectivity index (χ2n) is 5.55. The Morgan fingerprint density at radius 3 is 2.80 bits per heavy atom. The Hall–Kier alpha value is -2.18. The lowest BCUT2D eigenvalue weighted by Crippen LogP contribution is -2.24. The summed E-state index contributed by atoms with van der Waals surface area (Å²) in [5.41, 5.74) is 0.786. The predicted octanol–water partition coefficient (Wildman–Crippen LogP) is 1.55. The van der Waals surface area contributed by atoms with Crippen molar-refractivity contribution in [3.05, 3.63) is 24.4 Å². The van der Waals surface area contributed by atoms with Gasteiger partial charge in [0.15, 0.2) is 11.6 Å². The normalized spacial score (nSPS) is 23.8. The summed E-state index contributed by atoms with van der Waals surface area (Å²) < 4.78 is 15.6. The lowest BCUT2D eigenvalue weighted by molar-refractivity contribution is 0.604. The van der Waals surface area contributed by atoms with Crippen molar-refractivity contribution in [2.45, 2.75) is 6.42 Å². The lowest BCUT2D eigenvalue weighted by Gasteiger charge is -2.19. The average molecular weight is 274 g/mol. The van der Waals surface area contributed by atoms with Crippen LogP contribution in [-0.2, 0) is 7.05 Å². The second kappa shape index (κ2) is 4.16. The molecule has 0 radical (unpaired) electrons. The quantitative estimate of drug-likeness (QED) is 0.920. The Morgan fingerprint density at radius 2 is 2.10 bits per heavy atom. The van der Waals surface area contributed by atoms with Gasteiger partial charge in [-0.3, -0.25) is 4.68 Å². The molecule has 104 valence electrons. The molecule has 0 spiro atoms. The van der Waals surface area contributed by atoms with E-state index in [1.165, 1.54) is 12.6 Å². The Bertz CT molecular complexity index is 644. The fourth-order valence-corrected chi connectivity index (χ4v) is 2.83. The minimum absolute atomic E-state index is 0.358. The number of nitrogens with one attached hydrogen (secondary N) is 1. The number of aromatic nitrogens is 4. The van der Waals surface area contributed by atoms with Crippen LogP contribution in [0.3, 0.4) is 0 Å². The standard InChI is InChI=1S/C13H15FN6/c1-19-7-10(3-16-19)17-13-15-4-11(14)12(18-13)20-5-8-2-9(8)6-20/h3-4,7-9H,2,5-6H2,1H3,(H,15,17,18). The summed E-state index contributed by atoms with van der Waals surface area (Å²) in [5, 5.41) is 7.10. The van der Waals surface area contributed by atoms with Crippen molar-refractivity contribution in [2.24, 2.45) is 18.9 Å². The molecule has 0 amide bonds. The first-order valence-corrected chi connectivity index (χ1v) is 6.72. The summed E-state index contributed by atoms with van der Waals surface area (Å²) in [4.78, 5) is 10.3. The van der Waals surface area contributed by atoms with Gasteiger partial charge in [0.25, 0.3) is 0 Å². The molecule has 1 N–H and O–H groups in total. The van der Waals surface area contributed by atoms with Gasteiger partial charge in [0, 0.05) is 26.3 Å². The summed E-state index contributed by atoms with van der Waals surface area (Å²) in [5.74, 6) is 1.91. The zero-order valence-electron chi connectivity index (χ0n) is 11.1. The number of hydrogen-bond donors (Lipinski definition) is 1. The minimum atomic E-state index is -0.358. The Balaban J connectivity index is 1.58. The Kier molecular flexibility index (Phi) is 2.42. The highest BCUT2D eigenvalue weighted by Gasteiger charge is 2.46. The van der Waals surface area contributed by atoms with Crippen LogP contribution in [0, 0.1) is 17.7 Å². The van der Waals surface area contributed by atoms with Gasteiger partial charge in [-0.05, 0) is 18.3 Å². The molecule has 0 bridgehead atoms. The average Bonchev–Trinajstić information content (AvgIpc) is 2.83. The van der Waals surface area contributed by atoms with Crippen molar-refractivity contribution in [1.29, 1.82) is 0 Å². The maximum absolute atomic E-state index is 13.9. The fourth-order valence-electron chi connectivity index (χ4n) is 2.83. The van der Waals surface area contributed by atoms with Crippen LogP contribution >= 0.6 is 0 Å². The molecule has 2 atom stereocenters. The summed E-state index contributed by atoms with van der Waals surface area (Å²) in [6, 6.07) is 0. The number of fused-ring (bicyclic) bond motifs is 1. The van der Waals surface area contributed by atoms with E-state index in [-0.39, 0.29) is 5.82 Å². The highest BCUT2D eigenvalue weighted by molar-refractivity contribution is 5.54. The molecule has 7 heteroatoms. The summed E-state index contributed by atoms with van der Waals surface area (Å²) >= 11 is 0. The number of rotatable bonds is 3. The first kappa shape index (κ1) is 11.6. The van der Waals surface area contributed by atoms with Crippen LogP contribution in [0.2, 0.25) is 0 Å². The van der Waals surface area contributed by atoms with Crippen LogP contribution in [0.15, 0.2) is 18.6 Å². The van der Waals surface area contributed by atoms with Gasteiger partial charge in [-0.2, -0.15) is 10.1 Å². The van der Waals surface area contributed by atoms with Gasteiger partial charge in [0.2, 0.25) is 5.95 Å². The largest absolute Gasteiger partial charge is 0.353 e. The zero-order chi connectivity index (χ0) is 13.7. The number of hydrogen-bond acceptors (Lipinski definition) is 5. The molecule has 1 saturated heterocycles. The highest BCUT2D eigenvalue weighted by atomic mass is 19.1. The zero-order valence-corrected chi connectivity index (χ0v) is 11.1. The molecule has 0 aromatic carbocycles. The molecule has 2 unspecified atom stereocenters. The first-order valence-electron chi connectivity index (χ1n) is 6.72. The van der Waals surface area contributed by atoms with Crippen molar-refractivity contribution >= 4 is 17.5 Å². The van der Waals surface area contributed by atoms with E-state index in [2.05, 4.69) is 20.4 Å². The molecule has 1 saturated carbocycles. The molecule has 1 aliphatic heterocycles. The molecule has 6 nitrogen and oxygen atoms in total. The Morgan fingerprint density at radius 1 is 1.30 bits per heavy atom. The van der Waals surface area contributed by atoms with Gasteiger partial charge in [0.05, 0.1) is 18.1 Å². The number of halogens is 1. The minimum Gasteiger partial charge on any atom is -0.353 e. The van der Waals surface area contributed by atoms with E-state index in [0.29, 0.717) is 11.8 Å². The van der Waals surface area contributed by atoms with Crippen LogP contribution in [-0.4, -0.2) is 32.8 Å². The smallest absolute Gasteiger partial charge is 0.229 e. The van der Waals surface area contributed by atoms with Crippen molar-refractivity contribution in [1.82, 2.24) is 19.7 Å². The highest BCUT2D eigenvalue weighted by Crippen LogP contribution is 2.46. The topological polar surface area (TPSA) is 58.9 Å². The molecule has 2 aromatic heterocycles. The van der Waals surface area contributed by atoms with E-state index < -0.39 is 0 Å². The van der Waals surface area contributed by atoms with E-state index in [4.69, 9.17) is 0 Å². The summed E-state index contributed by atoms with van der Waals surface area (Å²) in [6.45, 7) is 1.82. The number of anilines is 3. The monoisotopic (exact) mass is 274 g/mol.